The summed E-state index contributed by atoms with van der Waals surface area (Å²) in [6.07, 6.45) is 4.19. The number of ether oxygens (including phenoxy) is 1. The highest BCUT2D eigenvalue weighted by Gasteiger charge is 2.47. The summed E-state index contributed by atoms with van der Waals surface area (Å²) in [5.74, 6) is -1.98. The first-order chi connectivity index (χ1) is 16.0. The highest BCUT2D eigenvalue weighted by molar-refractivity contribution is 8.00. The summed E-state index contributed by atoms with van der Waals surface area (Å²) >= 11 is 2.11. The van der Waals surface area contributed by atoms with Crippen LogP contribution in [0.2, 0.25) is 0 Å². The molecular weight excluding hydrogens is 458 g/mol. The number of carboxylic acid groups (broad SMARTS) is 1. The zero-order valence-electron chi connectivity index (χ0n) is 18.0. The molecule has 8 heteroatoms. The number of carboxylic acids is 1. The number of hydrogen-bond donors (Lipinski definition) is 2. The molecule has 2 aromatic carbocycles. The SMILES string of the molecule is COc1ccc([C@H]2c3sc(=O)[nH]c3S[C@@H](C(=O)O)[C@@H]2C(=O)c2ccc3c(c2)CCCC3)cc1. The van der Waals surface area contributed by atoms with Crippen LogP contribution in [0.15, 0.2) is 52.3 Å². The second-order valence-electron chi connectivity index (χ2n) is 8.42. The number of aryl methyl sites for hydroxylation is 2. The quantitative estimate of drug-likeness (QED) is 0.521. The van der Waals surface area contributed by atoms with Crippen molar-refractivity contribution in [3.05, 3.63) is 79.3 Å². The zero-order valence-corrected chi connectivity index (χ0v) is 19.6. The third-order valence-corrected chi connectivity index (χ3v) is 8.91. The van der Waals surface area contributed by atoms with Gasteiger partial charge < -0.3 is 14.8 Å². The number of rotatable bonds is 5. The lowest BCUT2D eigenvalue weighted by atomic mass is 9.77. The largest absolute Gasteiger partial charge is 0.497 e. The number of aromatic amines is 1. The van der Waals surface area contributed by atoms with Crippen LogP contribution in [0.1, 0.15) is 50.7 Å². The van der Waals surface area contributed by atoms with Crippen LogP contribution in [0.3, 0.4) is 0 Å². The maximum absolute atomic E-state index is 13.9. The molecule has 0 radical (unpaired) electrons. The summed E-state index contributed by atoms with van der Waals surface area (Å²) in [4.78, 5) is 41.7. The van der Waals surface area contributed by atoms with E-state index in [1.54, 1.807) is 19.2 Å². The molecule has 1 aromatic heterocycles. The fourth-order valence-electron chi connectivity index (χ4n) is 4.90. The van der Waals surface area contributed by atoms with Crippen molar-refractivity contribution >= 4 is 34.9 Å². The van der Waals surface area contributed by atoms with E-state index in [9.17, 15) is 19.5 Å². The molecule has 3 aromatic rings. The fraction of sp³-hybridized carbons (Fsp3) is 0.320. The van der Waals surface area contributed by atoms with E-state index in [0.29, 0.717) is 21.2 Å². The van der Waals surface area contributed by atoms with Crippen LogP contribution in [0.25, 0.3) is 0 Å². The number of thiazole rings is 1. The van der Waals surface area contributed by atoms with Gasteiger partial charge in [0.05, 0.1) is 18.1 Å². The number of carbonyl (C=O) groups excluding carboxylic acids is 1. The summed E-state index contributed by atoms with van der Waals surface area (Å²) < 4.78 is 5.27. The van der Waals surface area contributed by atoms with Crippen LogP contribution in [0, 0.1) is 5.92 Å². The van der Waals surface area contributed by atoms with Crippen LogP contribution in [0.4, 0.5) is 0 Å². The molecule has 0 fully saturated rings. The third kappa shape index (κ3) is 4.02. The highest BCUT2D eigenvalue weighted by Crippen LogP contribution is 2.50. The maximum Gasteiger partial charge on any atom is 0.317 e. The monoisotopic (exact) mass is 481 g/mol. The third-order valence-electron chi connectivity index (χ3n) is 6.51. The molecule has 0 saturated heterocycles. The van der Waals surface area contributed by atoms with Gasteiger partial charge in [-0.05, 0) is 60.6 Å². The Labute approximate surface area is 199 Å². The summed E-state index contributed by atoms with van der Waals surface area (Å²) in [5, 5.41) is 9.61. The van der Waals surface area contributed by atoms with Crippen molar-refractivity contribution in [2.24, 2.45) is 5.92 Å². The van der Waals surface area contributed by atoms with Gasteiger partial charge in [0.25, 0.3) is 0 Å². The van der Waals surface area contributed by atoms with Crippen LogP contribution in [0.5, 0.6) is 5.75 Å². The number of thioether (sulfide) groups is 1. The minimum atomic E-state index is -1.06. The summed E-state index contributed by atoms with van der Waals surface area (Å²) in [5.41, 5.74) is 3.77. The Hall–Kier alpha value is -2.84. The van der Waals surface area contributed by atoms with Crippen molar-refractivity contribution in [1.29, 1.82) is 0 Å². The Morgan fingerprint density at radius 2 is 1.79 bits per heavy atom. The molecule has 2 N–H and O–H groups in total. The number of ketones is 1. The van der Waals surface area contributed by atoms with Crippen molar-refractivity contribution in [2.75, 3.05) is 7.11 Å². The maximum atomic E-state index is 13.9. The number of aliphatic carboxylic acids is 1. The van der Waals surface area contributed by atoms with Gasteiger partial charge in [-0.2, -0.15) is 0 Å². The number of carbonyl (C=O) groups is 2. The van der Waals surface area contributed by atoms with Gasteiger partial charge in [0, 0.05) is 16.4 Å². The Bertz CT molecular complexity index is 1280. The van der Waals surface area contributed by atoms with Gasteiger partial charge in [0.1, 0.15) is 11.0 Å². The van der Waals surface area contributed by atoms with Gasteiger partial charge in [-0.3, -0.25) is 14.4 Å². The highest BCUT2D eigenvalue weighted by atomic mass is 32.2. The molecule has 5 rings (SSSR count). The van der Waals surface area contributed by atoms with E-state index in [2.05, 4.69) is 4.98 Å². The fourth-order valence-corrected chi connectivity index (χ4v) is 7.32. The number of hydrogen-bond acceptors (Lipinski definition) is 6. The number of benzene rings is 2. The van der Waals surface area contributed by atoms with E-state index in [4.69, 9.17) is 4.74 Å². The van der Waals surface area contributed by atoms with Gasteiger partial charge >= 0.3 is 10.8 Å². The molecule has 3 atom stereocenters. The molecule has 33 heavy (non-hydrogen) atoms. The van der Waals surface area contributed by atoms with E-state index in [1.165, 1.54) is 11.1 Å². The second kappa shape index (κ2) is 8.83. The van der Waals surface area contributed by atoms with Gasteiger partial charge in [-0.1, -0.05) is 47.4 Å². The smallest absolute Gasteiger partial charge is 0.317 e. The standard InChI is InChI=1S/C25H23NO5S2/c1-31-17-10-8-14(9-11-17)18-19(22(24(28)29)32-23-21(18)33-25(30)26-23)20(27)16-7-6-13-4-2-3-5-15(13)12-16/h6-12,18-19,22H,2-5H2,1H3,(H,26,30)(H,28,29)/t18-,19+,22-/m1/s1. The molecule has 1 aliphatic carbocycles. The Kier molecular flexibility index (Phi) is 5.88. The van der Waals surface area contributed by atoms with E-state index in [0.717, 1.165) is 54.3 Å². The van der Waals surface area contributed by atoms with Crippen molar-refractivity contribution < 1.29 is 19.4 Å². The molecular formula is C25H23NO5S2. The molecule has 0 unspecified atom stereocenters. The molecule has 2 aliphatic rings. The lowest BCUT2D eigenvalue weighted by molar-refractivity contribution is -0.137. The van der Waals surface area contributed by atoms with Gasteiger partial charge in [-0.15, -0.1) is 0 Å². The lowest BCUT2D eigenvalue weighted by Crippen LogP contribution is -2.39. The average molecular weight is 482 g/mol. The van der Waals surface area contributed by atoms with E-state index < -0.39 is 23.1 Å². The Morgan fingerprint density at radius 1 is 1.06 bits per heavy atom. The number of H-pyrrole nitrogens is 1. The van der Waals surface area contributed by atoms with Gasteiger partial charge in [0.2, 0.25) is 0 Å². The van der Waals surface area contributed by atoms with E-state index >= 15 is 0 Å². The summed E-state index contributed by atoms with van der Waals surface area (Å²) in [6, 6.07) is 13.1. The topological polar surface area (TPSA) is 96.5 Å². The lowest BCUT2D eigenvalue weighted by Gasteiger charge is -2.34. The Morgan fingerprint density at radius 3 is 2.48 bits per heavy atom. The normalized spacial score (nSPS) is 21.7. The molecule has 0 amide bonds. The minimum absolute atomic E-state index is 0.199. The first-order valence-corrected chi connectivity index (χ1v) is 12.6. The van der Waals surface area contributed by atoms with Crippen molar-refractivity contribution in [3.63, 3.8) is 0 Å². The number of nitrogens with one attached hydrogen (secondary N) is 1. The predicted octanol–water partition coefficient (Wildman–Crippen LogP) is 4.51. The second-order valence-corrected chi connectivity index (χ2v) is 10.6. The first kappa shape index (κ1) is 22.0. The van der Waals surface area contributed by atoms with E-state index in [-0.39, 0.29) is 10.7 Å². The van der Waals surface area contributed by atoms with E-state index in [1.807, 2.05) is 30.3 Å². The molecule has 1 aliphatic heterocycles. The summed E-state index contributed by atoms with van der Waals surface area (Å²) in [7, 11) is 1.57. The van der Waals surface area contributed by atoms with Gasteiger partial charge in [-0.25, -0.2) is 0 Å². The Balaban J connectivity index is 1.64. The summed E-state index contributed by atoms with van der Waals surface area (Å²) in [6.45, 7) is 0. The van der Waals surface area contributed by atoms with Gasteiger partial charge in [0.15, 0.2) is 5.78 Å². The molecule has 170 valence electrons. The number of Topliss-reactive ketones (excluding diaryl/α,β-unsaturated/α-hetero) is 1. The molecule has 2 heterocycles. The van der Waals surface area contributed by atoms with Crippen LogP contribution in [-0.2, 0) is 17.6 Å². The molecule has 0 bridgehead atoms. The molecule has 0 saturated carbocycles. The average Bonchev–Trinajstić information content (AvgIpc) is 3.22. The van der Waals surface area contributed by atoms with Crippen LogP contribution in [-0.4, -0.2) is 34.2 Å². The van der Waals surface area contributed by atoms with Crippen molar-refractivity contribution in [1.82, 2.24) is 4.98 Å². The zero-order chi connectivity index (χ0) is 23.1. The number of methoxy groups -OCH3 is 1. The first-order valence-electron chi connectivity index (χ1n) is 10.9. The number of fused-ring (bicyclic) bond motifs is 2. The number of aromatic nitrogens is 1. The van der Waals surface area contributed by atoms with Crippen molar-refractivity contribution in [2.45, 2.75) is 41.9 Å². The van der Waals surface area contributed by atoms with Crippen LogP contribution < -0.4 is 9.61 Å². The van der Waals surface area contributed by atoms with Crippen molar-refractivity contribution in [3.8, 4) is 5.75 Å². The molecule has 6 nitrogen and oxygen atoms in total. The minimum Gasteiger partial charge on any atom is -0.497 e. The van der Waals surface area contributed by atoms with Crippen LogP contribution >= 0.6 is 23.1 Å². The molecule has 0 spiro atoms. The predicted molar refractivity (Wildman–Crippen MR) is 128 cm³/mol.